The predicted octanol–water partition coefficient (Wildman–Crippen LogP) is 3.41. The van der Waals surface area contributed by atoms with E-state index in [1.54, 1.807) is 0 Å². The Morgan fingerprint density at radius 1 is 1.60 bits per heavy atom. The third-order valence-electron chi connectivity index (χ3n) is 3.08. The zero-order valence-corrected chi connectivity index (χ0v) is 9.29. The fourth-order valence-corrected chi connectivity index (χ4v) is 2.87. The summed E-state index contributed by atoms with van der Waals surface area (Å²) < 4.78 is 0. The highest BCUT2D eigenvalue weighted by atomic mass is 35.5. The average Bonchev–Trinajstić information content (AvgIpc) is 2.44. The lowest BCUT2D eigenvalue weighted by Gasteiger charge is -2.08. The number of aliphatic carboxylic acids is 1. The molecule has 0 radical (unpaired) electrons. The van der Waals surface area contributed by atoms with Gasteiger partial charge in [-0.2, -0.15) is 0 Å². The second-order valence-corrected chi connectivity index (χ2v) is 4.58. The van der Waals surface area contributed by atoms with Crippen LogP contribution in [0.25, 0.3) is 0 Å². The molecule has 80 valence electrons. The fraction of sp³-hybridized carbons (Fsp3) is 0.417. The number of carboxylic acid groups (broad SMARTS) is 1. The molecule has 0 amide bonds. The number of rotatable bonds is 2. The number of fused-ring (bicyclic) bond motifs is 1. The van der Waals surface area contributed by atoms with Crippen molar-refractivity contribution in [2.24, 2.45) is 0 Å². The van der Waals surface area contributed by atoms with E-state index in [0.29, 0.717) is 5.92 Å². The molecule has 1 aromatic carbocycles. The van der Waals surface area contributed by atoms with Crippen LogP contribution < -0.4 is 0 Å². The lowest BCUT2D eigenvalue weighted by molar-refractivity contribution is -0.137. The minimum atomic E-state index is -0.736. The summed E-state index contributed by atoms with van der Waals surface area (Å²) in [4.78, 5) is 10.7. The molecule has 2 nitrogen and oxygen atoms in total. The van der Waals surface area contributed by atoms with Crippen LogP contribution in [0.15, 0.2) is 18.2 Å². The molecular weight excluding hydrogens is 212 g/mol. The molecule has 2 rings (SSSR count). The van der Waals surface area contributed by atoms with Gasteiger partial charge in [-0.15, -0.1) is 0 Å². The zero-order chi connectivity index (χ0) is 11.0. The van der Waals surface area contributed by atoms with Gasteiger partial charge in [-0.3, -0.25) is 4.79 Å². The molecule has 0 aliphatic heterocycles. The molecule has 0 fully saturated rings. The quantitative estimate of drug-likeness (QED) is 0.836. The van der Waals surface area contributed by atoms with Gasteiger partial charge >= 0.3 is 5.97 Å². The summed E-state index contributed by atoms with van der Waals surface area (Å²) in [6, 6.07) is 5.77. The minimum absolute atomic E-state index is 0.131. The van der Waals surface area contributed by atoms with Crippen molar-refractivity contribution >= 4 is 17.6 Å². The molecule has 2 atom stereocenters. The number of hydrogen-bond acceptors (Lipinski definition) is 1. The Bertz CT molecular complexity index is 401. The van der Waals surface area contributed by atoms with Crippen LogP contribution in [-0.2, 0) is 4.79 Å². The molecule has 0 heterocycles. The van der Waals surface area contributed by atoms with E-state index in [0.717, 1.165) is 22.6 Å². The Morgan fingerprint density at radius 2 is 2.33 bits per heavy atom. The summed E-state index contributed by atoms with van der Waals surface area (Å²) >= 11 is 6.12. The molecule has 1 aliphatic carbocycles. The molecule has 15 heavy (non-hydrogen) atoms. The normalized spacial score (nSPS) is 23.9. The third-order valence-corrected chi connectivity index (χ3v) is 3.41. The fourth-order valence-electron chi connectivity index (χ4n) is 2.51. The molecule has 0 bridgehead atoms. The summed E-state index contributed by atoms with van der Waals surface area (Å²) in [6.45, 7) is 2.10. The van der Waals surface area contributed by atoms with Crippen LogP contribution in [0.3, 0.4) is 0 Å². The van der Waals surface area contributed by atoms with E-state index in [9.17, 15) is 4.79 Å². The molecular formula is C12H13ClO2. The van der Waals surface area contributed by atoms with Crippen LogP contribution in [0.2, 0.25) is 5.02 Å². The van der Waals surface area contributed by atoms with Crippen molar-refractivity contribution in [2.45, 2.75) is 31.6 Å². The second kappa shape index (κ2) is 3.86. The lowest BCUT2D eigenvalue weighted by atomic mass is 9.98. The summed E-state index contributed by atoms with van der Waals surface area (Å²) in [5, 5.41) is 9.59. The maximum Gasteiger partial charge on any atom is 0.303 e. The van der Waals surface area contributed by atoms with Gasteiger partial charge in [0.2, 0.25) is 0 Å². The first kappa shape index (κ1) is 10.5. The monoisotopic (exact) mass is 224 g/mol. The van der Waals surface area contributed by atoms with Gasteiger partial charge in [-0.05, 0) is 35.4 Å². The first-order valence-electron chi connectivity index (χ1n) is 5.09. The topological polar surface area (TPSA) is 37.3 Å². The van der Waals surface area contributed by atoms with Gasteiger partial charge in [-0.25, -0.2) is 0 Å². The lowest BCUT2D eigenvalue weighted by Crippen LogP contribution is -2.03. The molecule has 0 aromatic heterocycles. The minimum Gasteiger partial charge on any atom is -0.481 e. The first-order chi connectivity index (χ1) is 7.09. The third kappa shape index (κ3) is 1.86. The Morgan fingerprint density at radius 3 is 3.00 bits per heavy atom. The largest absolute Gasteiger partial charge is 0.481 e. The molecule has 0 saturated carbocycles. The van der Waals surface area contributed by atoms with E-state index in [1.165, 1.54) is 0 Å². The van der Waals surface area contributed by atoms with Gasteiger partial charge in [0.25, 0.3) is 0 Å². The van der Waals surface area contributed by atoms with Gasteiger partial charge in [0.15, 0.2) is 0 Å². The Balaban J connectivity index is 2.38. The smallest absolute Gasteiger partial charge is 0.303 e. The molecule has 1 aliphatic rings. The van der Waals surface area contributed by atoms with E-state index in [1.807, 2.05) is 18.2 Å². The number of benzene rings is 1. The molecule has 0 saturated heterocycles. The molecule has 1 aromatic rings. The summed E-state index contributed by atoms with van der Waals surface area (Å²) in [6.07, 6.45) is 1.10. The second-order valence-electron chi connectivity index (χ2n) is 4.17. The molecule has 2 unspecified atom stereocenters. The van der Waals surface area contributed by atoms with Gasteiger partial charge in [0.1, 0.15) is 0 Å². The zero-order valence-electron chi connectivity index (χ0n) is 8.53. The maximum absolute atomic E-state index is 10.7. The van der Waals surface area contributed by atoms with E-state index in [2.05, 4.69) is 6.92 Å². The van der Waals surface area contributed by atoms with Crippen LogP contribution >= 0.6 is 11.6 Å². The van der Waals surface area contributed by atoms with E-state index in [4.69, 9.17) is 16.7 Å². The van der Waals surface area contributed by atoms with E-state index >= 15 is 0 Å². The SMILES string of the molecule is CC1CC(CC(=O)O)c2cccc(Cl)c21. The Labute approximate surface area is 93.9 Å². The highest BCUT2D eigenvalue weighted by Crippen LogP contribution is 2.45. The molecule has 3 heteroatoms. The van der Waals surface area contributed by atoms with Gasteiger partial charge in [-0.1, -0.05) is 30.7 Å². The standard InChI is InChI=1S/C12H13ClO2/c1-7-5-8(6-11(14)15)9-3-2-4-10(13)12(7)9/h2-4,7-8H,5-6H2,1H3,(H,14,15). The summed E-state index contributed by atoms with van der Waals surface area (Å²) in [5.74, 6) is -0.232. The van der Waals surface area contributed by atoms with Crippen LogP contribution in [0, 0.1) is 0 Å². The Hall–Kier alpha value is -1.02. The van der Waals surface area contributed by atoms with Crippen LogP contribution in [0.1, 0.15) is 42.7 Å². The summed E-state index contributed by atoms with van der Waals surface area (Å²) in [5.41, 5.74) is 2.27. The van der Waals surface area contributed by atoms with Gasteiger partial charge < -0.3 is 5.11 Å². The van der Waals surface area contributed by atoms with Crippen molar-refractivity contribution in [3.05, 3.63) is 34.3 Å². The number of halogens is 1. The van der Waals surface area contributed by atoms with Crippen molar-refractivity contribution in [2.75, 3.05) is 0 Å². The van der Waals surface area contributed by atoms with Crippen molar-refractivity contribution in [3.8, 4) is 0 Å². The van der Waals surface area contributed by atoms with Crippen molar-refractivity contribution in [1.29, 1.82) is 0 Å². The highest BCUT2D eigenvalue weighted by molar-refractivity contribution is 6.31. The van der Waals surface area contributed by atoms with Crippen molar-refractivity contribution < 1.29 is 9.90 Å². The number of carboxylic acids is 1. The van der Waals surface area contributed by atoms with Gasteiger partial charge in [0, 0.05) is 5.02 Å². The van der Waals surface area contributed by atoms with Crippen molar-refractivity contribution in [3.63, 3.8) is 0 Å². The predicted molar refractivity (Wildman–Crippen MR) is 59.5 cm³/mol. The van der Waals surface area contributed by atoms with E-state index in [-0.39, 0.29) is 12.3 Å². The van der Waals surface area contributed by atoms with Gasteiger partial charge in [0.05, 0.1) is 6.42 Å². The van der Waals surface area contributed by atoms with Crippen LogP contribution in [0.4, 0.5) is 0 Å². The number of hydrogen-bond donors (Lipinski definition) is 1. The maximum atomic E-state index is 10.7. The Kier molecular flexibility index (Phi) is 2.70. The van der Waals surface area contributed by atoms with Crippen LogP contribution in [0.5, 0.6) is 0 Å². The van der Waals surface area contributed by atoms with E-state index < -0.39 is 5.97 Å². The van der Waals surface area contributed by atoms with Crippen molar-refractivity contribution in [1.82, 2.24) is 0 Å². The van der Waals surface area contributed by atoms with Crippen LogP contribution in [-0.4, -0.2) is 11.1 Å². The first-order valence-corrected chi connectivity index (χ1v) is 5.47. The molecule has 1 N–H and O–H groups in total. The molecule has 0 spiro atoms. The number of carbonyl (C=O) groups is 1. The highest BCUT2D eigenvalue weighted by Gasteiger charge is 2.30. The average molecular weight is 225 g/mol. The summed E-state index contributed by atoms with van der Waals surface area (Å²) in [7, 11) is 0.